The highest BCUT2D eigenvalue weighted by Gasteiger charge is 2.50. The summed E-state index contributed by atoms with van der Waals surface area (Å²) in [5.74, 6) is 1.65. The molecule has 2 aliphatic heterocycles. The molecule has 0 spiro atoms. The zero-order valence-corrected chi connectivity index (χ0v) is 20.6. The number of fused-ring (bicyclic) bond motifs is 1. The summed E-state index contributed by atoms with van der Waals surface area (Å²) in [4.78, 5) is 13.0. The van der Waals surface area contributed by atoms with Crippen molar-refractivity contribution in [1.29, 1.82) is 0 Å². The largest absolute Gasteiger partial charge is 0.416 e. The van der Waals surface area contributed by atoms with Crippen molar-refractivity contribution in [2.45, 2.75) is 37.1 Å². The van der Waals surface area contributed by atoms with Gasteiger partial charge in [0.25, 0.3) is 0 Å². The van der Waals surface area contributed by atoms with E-state index in [-0.39, 0.29) is 5.41 Å². The number of halogens is 3. The van der Waals surface area contributed by atoms with Gasteiger partial charge in [0.05, 0.1) is 5.56 Å². The molecule has 7 nitrogen and oxygen atoms in total. The average Bonchev–Trinajstić information content (AvgIpc) is 3.47. The van der Waals surface area contributed by atoms with Crippen molar-refractivity contribution in [3.05, 3.63) is 48.4 Å². The Labute approximate surface area is 206 Å². The van der Waals surface area contributed by atoms with Crippen molar-refractivity contribution in [1.82, 2.24) is 29.6 Å². The highest BCUT2D eigenvalue weighted by Crippen LogP contribution is 2.44. The first kappa shape index (κ1) is 24.1. The molecule has 2 fully saturated rings. The SMILES string of the molecule is Cn1c(SCCCN2C[C@@H]3N(c4ccc(C(F)(F)F)cc4)CC[C@]3(C)C2)nnc1-c1ccncn1. The van der Waals surface area contributed by atoms with Gasteiger partial charge in [-0.15, -0.1) is 10.2 Å². The van der Waals surface area contributed by atoms with Crippen LogP contribution in [0.3, 0.4) is 0 Å². The van der Waals surface area contributed by atoms with Gasteiger partial charge in [-0.2, -0.15) is 13.2 Å². The number of alkyl halides is 3. The molecule has 186 valence electrons. The Morgan fingerprint density at radius 3 is 2.66 bits per heavy atom. The highest BCUT2D eigenvalue weighted by molar-refractivity contribution is 7.99. The van der Waals surface area contributed by atoms with E-state index in [0.717, 1.165) is 67.1 Å². The Morgan fingerprint density at radius 1 is 1.14 bits per heavy atom. The predicted molar refractivity (Wildman–Crippen MR) is 129 cm³/mol. The van der Waals surface area contributed by atoms with Crippen LogP contribution in [-0.2, 0) is 13.2 Å². The van der Waals surface area contributed by atoms with E-state index in [1.54, 1.807) is 30.1 Å². The van der Waals surface area contributed by atoms with E-state index in [1.165, 1.54) is 18.5 Å². The first-order valence-corrected chi connectivity index (χ1v) is 12.7. The quantitative estimate of drug-likeness (QED) is 0.350. The van der Waals surface area contributed by atoms with Gasteiger partial charge in [-0.25, -0.2) is 9.97 Å². The van der Waals surface area contributed by atoms with Crippen molar-refractivity contribution in [3.8, 4) is 11.5 Å². The lowest BCUT2D eigenvalue weighted by Crippen LogP contribution is -2.37. The van der Waals surface area contributed by atoms with Crippen LogP contribution in [0.1, 0.15) is 25.3 Å². The highest BCUT2D eigenvalue weighted by atomic mass is 32.2. The van der Waals surface area contributed by atoms with Crippen LogP contribution in [0.25, 0.3) is 11.5 Å². The molecule has 0 saturated carbocycles. The molecule has 2 atom stereocenters. The summed E-state index contributed by atoms with van der Waals surface area (Å²) in [7, 11) is 1.94. The molecular formula is C24H28F3N7S. The molecule has 5 rings (SSSR count). The van der Waals surface area contributed by atoms with Crippen LogP contribution >= 0.6 is 11.8 Å². The van der Waals surface area contributed by atoms with Gasteiger partial charge in [-0.05, 0) is 49.7 Å². The topological polar surface area (TPSA) is 63.0 Å². The van der Waals surface area contributed by atoms with Gasteiger partial charge < -0.3 is 14.4 Å². The second-order valence-electron chi connectivity index (χ2n) is 9.55. The van der Waals surface area contributed by atoms with E-state index in [4.69, 9.17) is 0 Å². The van der Waals surface area contributed by atoms with Crippen molar-refractivity contribution in [2.75, 3.05) is 36.8 Å². The van der Waals surface area contributed by atoms with Gasteiger partial charge >= 0.3 is 6.18 Å². The van der Waals surface area contributed by atoms with Crippen LogP contribution in [0.15, 0.2) is 48.0 Å². The number of thioether (sulfide) groups is 1. The maximum Gasteiger partial charge on any atom is 0.416 e. The summed E-state index contributed by atoms with van der Waals surface area (Å²) >= 11 is 1.68. The van der Waals surface area contributed by atoms with Gasteiger partial charge in [-0.3, -0.25) is 0 Å². The van der Waals surface area contributed by atoms with E-state index in [0.29, 0.717) is 6.04 Å². The molecule has 35 heavy (non-hydrogen) atoms. The van der Waals surface area contributed by atoms with Crippen LogP contribution in [0.2, 0.25) is 0 Å². The minimum atomic E-state index is -4.30. The number of benzene rings is 1. The van der Waals surface area contributed by atoms with Crippen molar-refractivity contribution in [2.24, 2.45) is 12.5 Å². The number of nitrogens with zero attached hydrogens (tertiary/aromatic N) is 7. The minimum Gasteiger partial charge on any atom is -0.367 e. The van der Waals surface area contributed by atoms with Crippen molar-refractivity contribution < 1.29 is 13.2 Å². The van der Waals surface area contributed by atoms with E-state index < -0.39 is 11.7 Å². The molecule has 2 aliphatic rings. The van der Waals surface area contributed by atoms with Gasteiger partial charge in [0.15, 0.2) is 11.0 Å². The molecule has 2 aromatic heterocycles. The molecule has 0 aliphatic carbocycles. The van der Waals surface area contributed by atoms with Gasteiger partial charge in [0.2, 0.25) is 0 Å². The Morgan fingerprint density at radius 2 is 1.94 bits per heavy atom. The molecule has 2 saturated heterocycles. The molecule has 11 heteroatoms. The number of anilines is 1. The summed E-state index contributed by atoms with van der Waals surface area (Å²) < 4.78 is 40.8. The Bertz CT molecular complexity index is 1150. The molecule has 0 radical (unpaired) electrons. The fraction of sp³-hybridized carbons (Fsp3) is 0.500. The number of hydrogen-bond acceptors (Lipinski definition) is 7. The third kappa shape index (κ3) is 4.88. The fourth-order valence-electron chi connectivity index (χ4n) is 5.26. The monoisotopic (exact) mass is 503 g/mol. The molecule has 0 bridgehead atoms. The lowest BCUT2D eigenvalue weighted by Gasteiger charge is -2.30. The van der Waals surface area contributed by atoms with E-state index in [9.17, 15) is 13.2 Å². The smallest absolute Gasteiger partial charge is 0.367 e. The predicted octanol–water partition coefficient (Wildman–Crippen LogP) is 4.37. The van der Waals surface area contributed by atoms with Gasteiger partial charge in [0, 0.05) is 55.8 Å². The summed E-state index contributed by atoms with van der Waals surface area (Å²) in [6.45, 7) is 6.13. The number of aromatic nitrogens is 5. The van der Waals surface area contributed by atoms with Crippen molar-refractivity contribution in [3.63, 3.8) is 0 Å². The zero-order valence-electron chi connectivity index (χ0n) is 19.7. The second-order valence-corrected chi connectivity index (χ2v) is 10.6. The van der Waals surface area contributed by atoms with Crippen molar-refractivity contribution >= 4 is 17.4 Å². The molecule has 0 N–H and O–H groups in total. The molecule has 4 heterocycles. The Kier molecular flexibility index (Phi) is 6.47. The normalized spacial score (nSPS) is 22.7. The fourth-order valence-corrected chi connectivity index (χ4v) is 6.09. The van der Waals surface area contributed by atoms with Gasteiger partial charge in [-0.1, -0.05) is 18.7 Å². The number of hydrogen-bond donors (Lipinski definition) is 0. The van der Waals surface area contributed by atoms with Crippen LogP contribution in [0.5, 0.6) is 0 Å². The van der Waals surface area contributed by atoms with E-state index >= 15 is 0 Å². The standard InChI is InChI=1S/C24H28F3N7S/c1-23-9-12-34(18-6-4-17(5-7-18)24(25,26)27)20(23)14-33(15-23)11-3-13-35-22-31-30-21(32(22)2)19-8-10-28-16-29-19/h4-8,10,16,20H,3,9,11-15H2,1-2H3/t20-,23+/m0/s1. The van der Waals surface area contributed by atoms with Crippen LogP contribution in [0.4, 0.5) is 18.9 Å². The molecule has 0 unspecified atom stereocenters. The first-order chi connectivity index (χ1) is 16.7. The summed E-state index contributed by atoms with van der Waals surface area (Å²) in [5.41, 5.74) is 1.19. The molecular weight excluding hydrogens is 475 g/mol. The average molecular weight is 504 g/mol. The van der Waals surface area contributed by atoms with Crippen LogP contribution in [-0.4, -0.2) is 67.6 Å². The second kappa shape index (κ2) is 9.42. The maximum absolute atomic E-state index is 12.9. The van der Waals surface area contributed by atoms with Gasteiger partial charge in [0.1, 0.15) is 12.0 Å². The zero-order chi connectivity index (χ0) is 24.6. The summed E-state index contributed by atoms with van der Waals surface area (Å²) in [5, 5.41) is 9.44. The van der Waals surface area contributed by atoms with E-state index in [1.807, 2.05) is 17.7 Å². The van der Waals surface area contributed by atoms with Crippen LogP contribution < -0.4 is 4.90 Å². The Balaban J connectivity index is 1.14. The minimum absolute atomic E-state index is 0.159. The number of rotatable bonds is 7. The van der Waals surface area contributed by atoms with E-state index in [2.05, 4.69) is 36.9 Å². The third-order valence-electron chi connectivity index (χ3n) is 7.14. The molecule has 0 amide bonds. The Hall–Kier alpha value is -2.66. The number of likely N-dealkylation sites (tertiary alicyclic amines) is 1. The maximum atomic E-state index is 12.9. The lowest BCUT2D eigenvalue weighted by atomic mass is 9.85. The van der Waals surface area contributed by atoms with Crippen LogP contribution in [0, 0.1) is 5.41 Å². The first-order valence-electron chi connectivity index (χ1n) is 11.7. The third-order valence-corrected chi connectivity index (χ3v) is 8.25. The lowest BCUT2D eigenvalue weighted by molar-refractivity contribution is -0.137. The summed E-state index contributed by atoms with van der Waals surface area (Å²) in [6.07, 6.45) is 0.955. The summed E-state index contributed by atoms with van der Waals surface area (Å²) in [6, 6.07) is 7.75. The molecule has 1 aromatic carbocycles. The molecule has 3 aromatic rings.